The summed E-state index contributed by atoms with van der Waals surface area (Å²) in [6.45, 7) is 5.49. The van der Waals surface area contributed by atoms with Crippen LogP contribution in [0.25, 0.3) is 11.0 Å². The third-order valence-corrected chi connectivity index (χ3v) is 9.34. The fourth-order valence-corrected chi connectivity index (χ4v) is 6.69. The van der Waals surface area contributed by atoms with Crippen molar-refractivity contribution < 1.29 is 23.4 Å². The number of sulfone groups is 1. The van der Waals surface area contributed by atoms with E-state index in [1.807, 2.05) is 67.6 Å². The number of aliphatic hydroxyl groups excluding tert-OH is 1. The van der Waals surface area contributed by atoms with E-state index in [1.54, 1.807) is 32.0 Å². The Morgan fingerprint density at radius 3 is 2.25 bits per heavy atom. The number of carboxylic acid groups (broad SMARTS) is 1. The normalized spacial score (nSPS) is 15.0. The van der Waals surface area contributed by atoms with E-state index in [0.29, 0.717) is 11.0 Å². The van der Waals surface area contributed by atoms with Crippen molar-refractivity contribution in [3.05, 3.63) is 95.8 Å². The second-order valence-electron chi connectivity index (χ2n) is 10.4. The maximum absolute atomic E-state index is 13.7. The molecule has 0 aliphatic carbocycles. The first-order chi connectivity index (χ1) is 19.1. The Labute approximate surface area is 234 Å². The van der Waals surface area contributed by atoms with Crippen LogP contribution in [0, 0.1) is 5.92 Å². The van der Waals surface area contributed by atoms with Crippen LogP contribution in [0.5, 0.6) is 0 Å². The van der Waals surface area contributed by atoms with Gasteiger partial charge in [0.05, 0.1) is 28.1 Å². The highest BCUT2D eigenvalue weighted by atomic mass is 32.2. The van der Waals surface area contributed by atoms with Gasteiger partial charge in [-0.3, -0.25) is 5.32 Å². The Morgan fingerprint density at radius 1 is 0.975 bits per heavy atom. The number of nitrogens with one attached hydrogen (secondary N) is 3. The standard InChI is InChI=1S/C30H36N4O5S/c1-19(2)29(31-18-27(35)26(34-30(36)37)16-21-10-6-4-7-11-21)40(38,39)23-14-15-24-25(17-23)33-28(32-24)20(3)22-12-8-5-9-13-22/h4-15,17,19-20,26-27,29,31,34-35H,16,18H2,1-3H3,(H,32,33)(H,36,37)/t20?,26-,27+,29?/m0/s1. The minimum atomic E-state index is -3.86. The van der Waals surface area contributed by atoms with Gasteiger partial charge in [0.1, 0.15) is 11.2 Å². The van der Waals surface area contributed by atoms with Crippen LogP contribution in [0.1, 0.15) is 43.6 Å². The quantitative estimate of drug-likeness (QED) is 0.173. The zero-order valence-corrected chi connectivity index (χ0v) is 23.6. The van der Waals surface area contributed by atoms with E-state index in [0.717, 1.165) is 17.0 Å². The number of benzene rings is 3. The van der Waals surface area contributed by atoms with Crippen LogP contribution in [0.15, 0.2) is 83.8 Å². The fourth-order valence-electron chi connectivity index (χ4n) is 4.83. The first-order valence-electron chi connectivity index (χ1n) is 13.3. The SMILES string of the molecule is CC(c1ccccc1)c1nc2ccc(S(=O)(=O)C(NC[C@@H](O)[C@H](Cc3ccccc3)NC(=O)O)C(C)C)cc2[nH]1. The van der Waals surface area contributed by atoms with Crippen molar-refractivity contribution in [1.29, 1.82) is 0 Å². The molecule has 0 spiro atoms. The molecule has 0 saturated carbocycles. The van der Waals surface area contributed by atoms with Gasteiger partial charge in [-0.1, -0.05) is 81.4 Å². The molecule has 40 heavy (non-hydrogen) atoms. The van der Waals surface area contributed by atoms with Crippen molar-refractivity contribution in [2.24, 2.45) is 5.92 Å². The summed E-state index contributed by atoms with van der Waals surface area (Å²) in [6.07, 6.45) is -2.17. The summed E-state index contributed by atoms with van der Waals surface area (Å²) < 4.78 is 27.5. The smallest absolute Gasteiger partial charge is 0.404 e. The van der Waals surface area contributed by atoms with Crippen molar-refractivity contribution in [1.82, 2.24) is 20.6 Å². The molecule has 2 unspecified atom stereocenters. The van der Waals surface area contributed by atoms with Crippen molar-refractivity contribution in [2.45, 2.75) is 55.5 Å². The number of aliphatic hydroxyl groups is 1. The Morgan fingerprint density at radius 2 is 1.62 bits per heavy atom. The minimum Gasteiger partial charge on any atom is -0.465 e. The fraction of sp³-hybridized carbons (Fsp3) is 0.333. The Hall–Kier alpha value is -3.73. The van der Waals surface area contributed by atoms with Crippen LogP contribution < -0.4 is 10.6 Å². The van der Waals surface area contributed by atoms with Crippen molar-refractivity contribution in [3.8, 4) is 0 Å². The molecule has 0 aliphatic rings. The number of amides is 1. The number of imidazole rings is 1. The van der Waals surface area contributed by atoms with Crippen LogP contribution in [0.3, 0.4) is 0 Å². The van der Waals surface area contributed by atoms with Gasteiger partial charge in [-0.05, 0) is 41.7 Å². The summed E-state index contributed by atoms with van der Waals surface area (Å²) in [5.74, 6) is 0.416. The van der Waals surface area contributed by atoms with Crippen LogP contribution in [-0.2, 0) is 16.3 Å². The molecule has 0 saturated heterocycles. The molecule has 3 aromatic carbocycles. The molecular formula is C30H36N4O5S. The van der Waals surface area contributed by atoms with Crippen molar-refractivity contribution >= 4 is 27.0 Å². The highest BCUT2D eigenvalue weighted by Gasteiger charge is 2.32. The number of aromatic nitrogens is 2. The van der Waals surface area contributed by atoms with E-state index in [2.05, 4.69) is 20.6 Å². The van der Waals surface area contributed by atoms with Gasteiger partial charge in [0.25, 0.3) is 0 Å². The van der Waals surface area contributed by atoms with Gasteiger partial charge in [-0.2, -0.15) is 0 Å². The lowest BCUT2D eigenvalue weighted by atomic mass is 10.0. The number of aromatic amines is 1. The third-order valence-electron chi connectivity index (χ3n) is 7.05. The zero-order valence-electron chi connectivity index (χ0n) is 22.8. The highest BCUT2D eigenvalue weighted by molar-refractivity contribution is 7.92. The topological polar surface area (TPSA) is 144 Å². The summed E-state index contributed by atoms with van der Waals surface area (Å²) in [5, 5.41) is 24.5. The average molecular weight is 565 g/mol. The van der Waals surface area contributed by atoms with E-state index in [9.17, 15) is 23.4 Å². The van der Waals surface area contributed by atoms with Crippen LogP contribution in [-0.4, -0.2) is 58.8 Å². The molecule has 1 heterocycles. The molecule has 4 rings (SSSR count). The summed E-state index contributed by atoms with van der Waals surface area (Å²) in [5.41, 5.74) is 3.24. The lowest BCUT2D eigenvalue weighted by Crippen LogP contribution is -2.51. The average Bonchev–Trinajstić information content (AvgIpc) is 3.36. The van der Waals surface area contributed by atoms with Crippen molar-refractivity contribution in [3.63, 3.8) is 0 Å². The molecule has 0 aliphatic heterocycles. The zero-order chi connectivity index (χ0) is 28.9. The molecule has 5 N–H and O–H groups in total. The largest absolute Gasteiger partial charge is 0.465 e. The molecule has 10 heteroatoms. The maximum Gasteiger partial charge on any atom is 0.404 e. The third kappa shape index (κ3) is 6.88. The van der Waals surface area contributed by atoms with E-state index in [1.165, 1.54) is 0 Å². The lowest BCUT2D eigenvalue weighted by molar-refractivity contribution is 0.116. The molecule has 4 atom stereocenters. The number of rotatable bonds is 12. The summed E-state index contributed by atoms with van der Waals surface area (Å²) >= 11 is 0. The molecule has 1 amide bonds. The molecule has 0 radical (unpaired) electrons. The molecular weight excluding hydrogens is 528 g/mol. The summed E-state index contributed by atoms with van der Waals surface area (Å²) in [4.78, 5) is 19.5. The van der Waals surface area contributed by atoms with Crippen molar-refractivity contribution in [2.75, 3.05) is 6.54 Å². The number of H-pyrrole nitrogens is 1. The van der Waals surface area contributed by atoms with Gasteiger partial charge in [-0.15, -0.1) is 0 Å². The number of hydrogen-bond acceptors (Lipinski definition) is 6. The van der Waals surface area contributed by atoms with E-state index in [4.69, 9.17) is 0 Å². The minimum absolute atomic E-state index is 0.00321. The number of nitrogens with zero attached hydrogens (tertiary/aromatic N) is 1. The second-order valence-corrected chi connectivity index (χ2v) is 12.4. The van der Waals surface area contributed by atoms with Gasteiger partial charge in [0, 0.05) is 12.5 Å². The monoisotopic (exact) mass is 564 g/mol. The first kappa shape index (κ1) is 29.3. The molecule has 1 aromatic heterocycles. The predicted molar refractivity (Wildman–Crippen MR) is 155 cm³/mol. The van der Waals surface area contributed by atoms with Gasteiger partial charge in [-0.25, -0.2) is 18.2 Å². The summed E-state index contributed by atoms with van der Waals surface area (Å²) in [7, 11) is -3.86. The predicted octanol–water partition coefficient (Wildman–Crippen LogP) is 4.30. The Bertz CT molecular complexity index is 1520. The van der Waals surface area contributed by atoms with Gasteiger partial charge < -0.3 is 20.5 Å². The Kier molecular flexibility index (Phi) is 9.24. The van der Waals surface area contributed by atoms with E-state index >= 15 is 0 Å². The Balaban J connectivity index is 1.52. The number of hydrogen-bond donors (Lipinski definition) is 5. The second kappa shape index (κ2) is 12.6. The molecule has 0 bridgehead atoms. The summed E-state index contributed by atoms with van der Waals surface area (Å²) in [6, 6.07) is 23.2. The highest BCUT2D eigenvalue weighted by Crippen LogP contribution is 2.27. The number of carbonyl (C=O) groups is 1. The molecule has 4 aromatic rings. The van der Waals surface area contributed by atoms with Crippen LogP contribution in [0.2, 0.25) is 0 Å². The lowest BCUT2D eigenvalue weighted by Gasteiger charge is -2.27. The molecule has 0 fully saturated rings. The van der Waals surface area contributed by atoms with E-state index in [-0.39, 0.29) is 29.7 Å². The maximum atomic E-state index is 13.7. The van der Waals surface area contributed by atoms with Gasteiger partial charge in [0.15, 0.2) is 9.84 Å². The first-order valence-corrected chi connectivity index (χ1v) is 14.8. The van der Waals surface area contributed by atoms with Gasteiger partial charge >= 0.3 is 6.09 Å². The van der Waals surface area contributed by atoms with Crippen LogP contribution in [0.4, 0.5) is 4.79 Å². The molecule has 9 nitrogen and oxygen atoms in total. The molecule has 212 valence electrons. The van der Waals surface area contributed by atoms with Crippen LogP contribution >= 0.6 is 0 Å². The number of fused-ring (bicyclic) bond motifs is 1. The van der Waals surface area contributed by atoms with Gasteiger partial charge in [0.2, 0.25) is 0 Å². The van der Waals surface area contributed by atoms with E-state index < -0.39 is 33.5 Å².